The van der Waals surface area contributed by atoms with E-state index in [0.717, 1.165) is 68.9 Å². The molecule has 2 aliphatic carbocycles. The summed E-state index contributed by atoms with van der Waals surface area (Å²) in [4.78, 5) is 15.1. The molecular formula is C22H31N3O2S. The molecular weight excluding hydrogens is 370 g/mol. The summed E-state index contributed by atoms with van der Waals surface area (Å²) < 4.78 is 6.69. The van der Waals surface area contributed by atoms with Gasteiger partial charge in [0.05, 0.1) is 4.70 Å². The van der Waals surface area contributed by atoms with Crippen LogP contribution in [0.2, 0.25) is 0 Å². The number of thiophene rings is 1. The van der Waals surface area contributed by atoms with Gasteiger partial charge in [-0.3, -0.25) is 4.79 Å². The molecule has 1 saturated heterocycles. The van der Waals surface area contributed by atoms with Crippen LogP contribution in [0.25, 0.3) is 10.3 Å². The van der Waals surface area contributed by atoms with Crippen molar-refractivity contribution in [3.63, 3.8) is 0 Å². The number of fused-ring (bicyclic) bond motifs is 1. The third kappa shape index (κ3) is 3.86. The molecule has 0 bridgehead atoms. The molecule has 6 heteroatoms. The molecule has 3 aliphatic rings. The maximum absolute atomic E-state index is 12.6. The van der Waals surface area contributed by atoms with E-state index in [-0.39, 0.29) is 5.92 Å². The number of likely N-dealkylation sites (tertiary alicyclic amines) is 1. The zero-order valence-electron chi connectivity index (χ0n) is 16.7. The van der Waals surface area contributed by atoms with Gasteiger partial charge in [0.25, 0.3) is 0 Å². The van der Waals surface area contributed by atoms with Crippen molar-refractivity contribution in [1.82, 2.24) is 15.4 Å². The fourth-order valence-corrected chi connectivity index (χ4v) is 6.03. The molecule has 5 nitrogen and oxygen atoms in total. The van der Waals surface area contributed by atoms with Gasteiger partial charge in [0.2, 0.25) is 5.91 Å². The minimum atomic E-state index is 0.262. The van der Waals surface area contributed by atoms with Gasteiger partial charge >= 0.3 is 0 Å². The Hall–Kier alpha value is -1.40. The Morgan fingerprint density at radius 3 is 2.82 bits per heavy atom. The zero-order chi connectivity index (χ0) is 19.1. The lowest BCUT2D eigenvalue weighted by atomic mass is 9.87. The van der Waals surface area contributed by atoms with Gasteiger partial charge in [0.15, 0.2) is 5.58 Å². The van der Waals surface area contributed by atoms with E-state index in [9.17, 15) is 4.79 Å². The van der Waals surface area contributed by atoms with E-state index in [1.54, 1.807) is 11.3 Å². The van der Waals surface area contributed by atoms with Crippen molar-refractivity contribution >= 4 is 27.5 Å². The highest BCUT2D eigenvalue weighted by Gasteiger charge is 2.44. The average Bonchev–Trinajstić information content (AvgIpc) is 3.12. The smallest absolute Gasteiger partial charge is 0.223 e. The summed E-state index contributed by atoms with van der Waals surface area (Å²) in [6.45, 7) is 5.62. The van der Waals surface area contributed by atoms with Gasteiger partial charge in [-0.2, -0.15) is 0 Å². The van der Waals surface area contributed by atoms with Crippen LogP contribution in [0.1, 0.15) is 63.5 Å². The highest BCUT2D eigenvalue weighted by atomic mass is 32.1. The van der Waals surface area contributed by atoms with Gasteiger partial charge in [-0.25, -0.2) is 0 Å². The van der Waals surface area contributed by atoms with E-state index in [1.807, 2.05) is 6.07 Å². The van der Waals surface area contributed by atoms with Crippen LogP contribution >= 0.6 is 11.3 Å². The van der Waals surface area contributed by atoms with Gasteiger partial charge < -0.3 is 14.7 Å². The summed E-state index contributed by atoms with van der Waals surface area (Å²) in [6.07, 6.45) is 8.21. The van der Waals surface area contributed by atoms with Crippen LogP contribution in [0.3, 0.4) is 0 Å². The second-order valence-electron chi connectivity index (χ2n) is 9.32. The van der Waals surface area contributed by atoms with Crippen molar-refractivity contribution in [2.45, 2.75) is 63.8 Å². The van der Waals surface area contributed by atoms with Gasteiger partial charge in [0, 0.05) is 24.4 Å². The Kier molecular flexibility index (Phi) is 5.18. The minimum Gasteiger partial charge on any atom is -0.355 e. The van der Waals surface area contributed by atoms with Gasteiger partial charge in [-0.15, -0.1) is 11.3 Å². The molecule has 152 valence electrons. The number of nitrogens with one attached hydrogen (secondary N) is 1. The number of hydrogen-bond donors (Lipinski definition) is 1. The van der Waals surface area contributed by atoms with Crippen LogP contribution in [0.15, 0.2) is 16.0 Å². The molecule has 2 aromatic heterocycles. The van der Waals surface area contributed by atoms with E-state index in [2.05, 4.69) is 27.7 Å². The van der Waals surface area contributed by atoms with Crippen LogP contribution in [-0.2, 0) is 4.79 Å². The number of hydrogen-bond acceptors (Lipinski definition) is 5. The van der Waals surface area contributed by atoms with Gasteiger partial charge in [0.1, 0.15) is 5.69 Å². The first-order chi connectivity index (χ1) is 13.7. The van der Waals surface area contributed by atoms with Crippen molar-refractivity contribution in [1.29, 1.82) is 0 Å². The van der Waals surface area contributed by atoms with E-state index in [0.29, 0.717) is 23.8 Å². The molecule has 2 atom stereocenters. The first kappa shape index (κ1) is 18.6. The molecule has 1 amide bonds. The van der Waals surface area contributed by atoms with Crippen LogP contribution in [0.5, 0.6) is 0 Å². The SMILES string of the molecule is CC1CCC(NC(=O)[C@@H]2C[C@H]2CN2CCC(c3noc4ccsc34)CC2)CC1. The molecule has 0 unspecified atom stereocenters. The van der Waals surface area contributed by atoms with Crippen molar-refractivity contribution in [2.24, 2.45) is 17.8 Å². The standard InChI is InChI=1S/C22H31N3O2S/c1-14-2-4-17(5-3-14)23-22(26)18-12-16(18)13-25-9-6-15(7-10-25)20-21-19(27-24-20)8-11-28-21/h8,11,14-18H,2-7,9-10,12-13H2,1H3,(H,23,26)/t14?,16-,17?,18+/m0/s1. The van der Waals surface area contributed by atoms with Gasteiger partial charge in [-0.05, 0) is 81.3 Å². The number of piperidine rings is 1. The second-order valence-corrected chi connectivity index (χ2v) is 10.2. The fraction of sp³-hybridized carbons (Fsp3) is 0.727. The lowest BCUT2D eigenvalue weighted by Gasteiger charge is -2.31. The topological polar surface area (TPSA) is 58.4 Å². The van der Waals surface area contributed by atoms with Crippen molar-refractivity contribution in [3.05, 3.63) is 17.1 Å². The molecule has 28 heavy (non-hydrogen) atoms. The highest BCUT2D eigenvalue weighted by molar-refractivity contribution is 7.17. The summed E-state index contributed by atoms with van der Waals surface area (Å²) in [5.74, 6) is 2.50. The fourth-order valence-electron chi connectivity index (χ4n) is 5.16. The first-order valence-electron chi connectivity index (χ1n) is 11.0. The van der Waals surface area contributed by atoms with E-state index >= 15 is 0 Å². The minimum absolute atomic E-state index is 0.262. The van der Waals surface area contributed by atoms with Crippen molar-refractivity contribution in [2.75, 3.05) is 19.6 Å². The number of carbonyl (C=O) groups is 1. The molecule has 5 rings (SSSR count). The lowest BCUT2D eigenvalue weighted by molar-refractivity contribution is -0.123. The molecule has 2 saturated carbocycles. The number of amides is 1. The Balaban J connectivity index is 1.06. The Bertz CT molecular complexity index is 815. The van der Waals surface area contributed by atoms with Gasteiger partial charge in [-0.1, -0.05) is 12.1 Å². The monoisotopic (exact) mass is 401 g/mol. The zero-order valence-corrected chi connectivity index (χ0v) is 17.5. The Labute approximate surface area is 170 Å². The van der Waals surface area contributed by atoms with Crippen LogP contribution in [-0.4, -0.2) is 41.6 Å². The maximum Gasteiger partial charge on any atom is 0.223 e. The third-order valence-corrected chi connectivity index (χ3v) is 8.11. The number of carbonyl (C=O) groups excluding carboxylic acids is 1. The number of nitrogens with zero attached hydrogens (tertiary/aromatic N) is 2. The quantitative estimate of drug-likeness (QED) is 0.807. The molecule has 1 aliphatic heterocycles. The molecule has 3 heterocycles. The van der Waals surface area contributed by atoms with Crippen molar-refractivity contribution < 1.29 is 9.32 Å². The van der Waals surface area contributed by atoms with E-state index in [4.69, 9.17) is 4.52 Å². The van der Waals surface area contributed by atoms with Crippen LogP contribution in [0.4, 0.5) is 0 Å². The predicted molar refractivity (Wildman–Crippen MR) is 111 cm³/mol. The summed E-state index contributed by atoms with van der Waals surface area (Å²) >= 11 is 1.74. The Morgan fingerprint density at radius 2 is 2.04 bits per heavy atom. The largest absolute Gasteiger partial charge is 0.355 e. The summed E-state index contributed by atoms with van der Waals surface area (Å²) in [5, 5.41) is 9.75. The molecule has 0 radical (unpaired) electrons. The molecule has 1 N–H and O–H groups in total. The third-order valence-electron chi connectivity index (χ3n) is 7.19. The van der Waals surface area contributed by atoms with E-state index < -0.39 is 0 Å². The maximum atomic E-state index is 12.6. The summed E-state index contributed by atoms with van der Waals surface area (Å²) in [6, 6.07) is 2.44. The number of aromatic nitrogens is 1. The molecule has 2 aromatic rings. The van der Waals surface area contributed by atoms with E-state index in [1.165, 1.54) is 17.5 Å². The summed E-state index contributed by atoms with van der Waals surface area (Å²) in [7, 11) is 0. The molecule has 3 fully saturated rings. The highest BCUT2D eigenvalue weighted by Crippen LogP contribution is 2.41. The second kappa shape index (κ2) is 7.79. The predicted octanol–water partition coefficient (Wildman–Crippen LogP) is 4.40. The normalized spacial score (nSPS) is 31.9. The van der Waals surface area contributed by atoms with Crippen LogP contribution in [0, 0.1) is 17.8 Å². The van der Waals surface area contributed by atoms with Crippen molar-refractivity contribution in [3.8, 4) is 0 Å². The van der Waals surface area contributed by atoms with Crippen LogP contribution < -0.4 is 5.32 Å². The lowest BCUT2D eigenvalue weighted by Crippen LogP contribution is -2.39. The first-order valence-corrected chi connectivity index (χ1v) is 11.9. The molecule has 0 spiro atoms. The number of rotatable bonds is 5. The average molecular weight is 402 g/mol. The molecule has 0 aromatic carbocycles. The summed E-state index contributed by atoms with van der Waals surface area (Å²) in [5.41, 5.74) is 2.09. The Morgan fingerprint density at radius 1 is 1.25 bits per heavy atom.